The number of aryl methyl sites for hydroxylation is 2. The van der Waals surface area contributed by atoms with Crippen molar-refractivity contribution in [2.75, 3.05) is 21.5 Å². The maximum absolute atomic E-state index is 13.1. The average molecular weight is 483 g/mol. The molecule has 0 atom stereocenters. The third-order valence-corrected chi connectivity index (χ3v) is 7.35. The molecule has 166 valence electrons. The summed E-state index contributed by atoms with van der Waals surface area (Å²) in [5, 5.41) is 0. The molecule has 0 saturated heterocycles. The molecule has 2 rings (SSSR count). The number of benzene rings is 2. The van der Waals surface area contributed by atoms with E-state index in [4.69, 9.17) is 0 Å². The number of thioether (sulfide) groups is 1. The number of alkyl halides is 3. The van der Waals surface area contributed by atoms with Crippen LogP contribution in [0.3, 0.4) is 0 Å². The lowest BCUT2D eigenvalue weighted by molar-refractivity contribution is -0.105. The standard InChI is InChI=1S/C18H21F3N2O4S3/c1-11-9-12(2)17(13(3)16(11)23-29(4,24)25)30(26,27)22-14-7-5-6-8-15(14)28-10-18(19,20)21/h5-9,22-23H,10H2,1-4H3. The Morgan fingerprint density at radius 2 is 1.57 bits per heavy atom. The third kappa shape index (κ3) is 6.29. The molecule has 2 N–H and O–H groups in total. The first-order chi connectivity index (χ1) is 13.6. The summed E-state index contributed by atoms with van der Waals surface area (Å²) in [7, 11) is -7.88. The Bertz CT molecular complexity index is 1160. The van der Waals surface area contributed by atoms with Crippen LogP contribution in [0.4, 0.5) is 24.5 Å². The van der Waals surface area contributed by atoms with Gasteiger partial charge in [-0.1, -0.05) is 18.2 Å². The second kappa shape index (κ2) is 8.67. The van der Waals surface area contributed by atoms with E-state index in [9.17, 15) is 30.0 Å². The van der Waals surface area contributed by atoms with E-state index < -0.39 is 32.0 Å². The van der Waals surface area contributed by atoms with Gasteiger partial charge in [-0.3, -0.25) is 9.44 Å². The minimum atomic E-state index is -4.41. The smallest absolute Gasteiger partial charge is 0.283 e. The van der Waals surface area contributed by atoms with Crippen molar-refractivity contribution in [1.29, 1.82) is 0 Å². The molecule has 30 heavy (non-hydrogen) atoms. The maximum atomic E-state index is 13.1. The van der Waals surface area contributed by atoms with Crippen molar-refractivity contribution in [3.05, 3.63) is 47.0 Å². The minimum Gasteiger partial charge on any atom is -0.283 e. The molecule has 2 aromatic rings. The first kappa shape index (κ1) is 24.4. The van der Waals surface area contributed by atoms with Gasteiger partial charge in [-0.25, -0.2) is 16.8 Å². The van der Waals surface area contributed by atoms with Crippen LogP contribution < -0.4 is 9.44 Å². The Hall–Kier alpha value is -1.92. The fourth-order valence-electron chi connectivity index (χ4n) is 2.96. The zero-order chi connectivity index (χ0) is 22.9. The molecule has 0 radical (unpaired) electrons. The number of hydrogen-bond donors (Lipinski definition) is 2. The van der Waals surface area contributed by atoms with E-state index in [1.165, 1.54) is 37.3 Å². The topological polar surface area (TPSA) is 92.3 Å². The van der Waals surface area contributed by atoms with E-state index in [2.05, 4.69) is 9.44 Å². The van der Waals surface area contributed by atoms with Gasteiger partial charge in [0.2, 0.25) is 10.0 Å². The highest BCUT2D eigenvalue weighted by molar-refractivity contribution is 7.99. The van der Waals surface area contributed by atoms with E-state index in [0.29, 0.717) is 22.9 Å². The van der Waals surface area contributed by atoms with Crippen LogP contribution in [0.2, 0.25) is 0 Å². The van der Waals surface area contributed by atoms with Gasteiger partial charge in [0.05, 0.1) is 28.3 Å². The van der Waals surface area contributed by atoms with Gasteiger partial charge in [-0.05, 0) is 49.6 Å². The van der Waals surface area contributed by atoms with Gasteiger partial charge >= 0.3 is 6.18 Å². The van der Waals surface area contributed by atoms with Crippen LogP contribution >= 0.6 is 11.8 Å². The van der Waals surface area contributed by atoms with E-state index in [-0.39, 0.29) is 26.7 Å². The Labute approximate surface area is 178 Å². The lowest BCUT2D eigenvalue weighted by atomic mass is 10.1. The molecule has 6 nitrogen and oxygen atoms in total. The van der Waals surface area contributed by atoms with Gasteiger partial charge < -0.3 is 0 Å². The number of halogens is 3. The Balaban J connectivity index is 2.50. The van der Waals surface area contributed by atoms with Crippen LogP contribution in [0, 0.1) is 20.8 Å². The first-order valence-electron chi connectivity index (χ1n) is 8.51. The van der Waals surface area contributed by atoms with E-state index >= 15 is 0 Å². The number of para-hydroxylation sites is 1. The number of nitrogens with one attached hydrogen (secondary N) is 2. The van der Waals surface area contributed by atoms with Gasteiger partial charge in [0.15, 0.2) is 0 Å². The lowest BCUT2D eigenvalue weighted by Crippen LogP contribution is -2.19. The van der Waals surface area contributed by atoms with Crippen LogP contribution in [0.25, 0.3) is 0 Å². The molecule has 0 saturated carbocycles. The molecule has 0 spiro atoms. The van der Waals surface area contributed by atoms with Crippen molar-refractivity contribution in [2.24, 2.45) is 0 Å². The monoisotopic (exact) mass is 482 g/mol. The largest absolute Gasteiger partial charge is 0.398 e. The van der Waals surface area contributed by atoms with Crippen LogP contribution in [-0.2, 0) is 20.0 Å². The van der Waals surface area contributed by atoms with Gasteiger partial charge in [0.25, 0.3) is 10.0 Å². The highest BCUT2D eigenvalue weighted by Gasteiger charge is 2.29. The summed E-state index contributed by atoms with van der Waals surface area (Å²) < 4.78 is 92.0. The maximum Gasteiger partial charge on any atom is 0.398 e. The number of rotatable bonds is 7. The summed E-state index contributed by atoms with van der Waals surface area (Å²) >= 11 is 0.468. The SMILES string of the molecule is Cc1cc(C)c(S(=O)(=O)Nc2ccccc2SCC(F)(F)F)c(C)c1NS(C)(=O)=O. The summed E-state index contributed by atoms with van der Waals surface area (Å²) in [5.41, 5.74) is 1.24. The van der Waals surface area contributed by atoms with Gasteiger partial charge in [-0.2, -0.15) is 13.2 Å². The van der Waals surface area contributed by atoms with E-state index in [0.717, 1.165) is 6.26 Å². The molecule has 0 aromatic heterocycles. The molecular weight excluding hydrogens is 461 g/mol. The third-order valence-electron chi connectivity index (χ3n) is 3.98. The predicted molar refractivity (Wildman–Crippen MR) is 113 cm³/mol. The fourth-order valence-corrected chi connectivity index (χ4v) is 6.03. The van der Waals surface area contributed by atoms with Crippen LogP contribution in [0.1, 0.15) is 16.7 Å². The number of anilines is 2. The van der Waals surface area contributed by atoms with Crippen LogP contribution in [0.15, 0.2) is 40.1 Å². The first-order valence-corrected chi connectivity index (χ1v) is 12.9. The van der Waals surface area contributed by atoms with E-state index in [1.54, 1.807) is 13.8 Å². The van der Waals surface area contributed by atoms with Crippen LogP contribution in [-0.4, -0.2) is 35.0 Å². The normalized spacial score (nSPS) is 12.6. The highest BCUT2D eigenvalue weighted by atomic mass is 32.2. The zero-order valence-corrected chi connectivity index (χ0v) is 19.0. The second-order valence-electron chi connectivity index (χ2n) is 6.72. The molecule has 0 amide bonds. The van der Waals surface area contributed by atoms with Gasteiger partial charge in [-0.15, -0.1) is 11.8 Å². The molecule has 0 aliphatic heterocycles. The van der Waals surface area contributed by atoms with Crippen molar-refractivity contribution in [1.82, 2.24) is 0 Å². The molecule has 0 aliphatic rings. The molecule has 0 heterocycles. The second-order valence-corrected chi connectivity index (χ2v) is 11.1. The van der Waals surface area contributed by atoms with Crippen molar-refractivity contribution < 1.29 is 30.0 Å². The average Bonchev–Trinajstić information content (AvgIpc) is 2.55. The minimum absolute atomic E-state index is 0.00347. The molecular formula is C18H21F3N2O4S3. The van der Waals surface area contributed by atoms with Gasteiger partial charge in [0.1, 0.15) is 0 Å². The lowest BCUT2D eigenvalue weighted by Gasteiger charge is -2.19. The Morgan fingerprint density at radius 3 is 2.13 bits per heavy atom. The quantitative estimate of drug-likeness (QED) is 0.570. The Morgan fingerprint density at radius 1 is 0.967 bits per heavy atom. The summed E-state index contributed by atoms with van der Waals surface area (Å²) in [6, 6.07) is 7.29. The predicted octanol–water partition coefficient (Wildman–Crippen LogP) is 4.44. The van der Waals surface area contributed by atoms with Crippen LogP contribution in [0.5, 0.6) is 0 Å². The Kier molecular flexibility index (Phi) is 7.04. The number of sulfonamides is 2. The van der Waals surface area contributed by atoms with Crippen molar-refractivity contribution in [2.45, 2.75) is 36.7 Å². The molecule has 0 bridgehead atoms. The molecule has 0 unspecified atom stereocenters. The summed E-state index contributed by atoms with van der Waals surface area (Å²) in [6.45, 7) is 4.66. The molecule has 0 aliphatic carbocycles. The molecule has 12 heteroatoms. The summed E-state index contributed by atoms with van der Waals surface area (Å²) in [6.07, 6.45) is -3.46. The van der Waals surface area contributed by atoms with Crippen molar-refractivity contribution in [3.8, 4) is 0 Å². The zero-order valence-electron chi connectivity index (χ0n) is 16.6. The summed E-state index contributed by atoms with van der Waals surface area (Å²) in [4.78, 5) is -0.0230. The highest BCUT2D eigenvalue weighted by Crippen LogP contribution is 2.35. The van der Waals surface area contributed by atoms with Crippen molar-refractivity contribution >= 4 is 43.2 Å². The van der Waals surface area contributed by atoms with E-state index in [1.807, 2.05) is 0 Å². The van der Waals surface area contributed by atoms with Crippen molar-refractivity contribution in [3.63, 3.8) is 0 Å². The summed E-state index contributed by atoms with van der Waals surface area (Å²) in [5.74, 6) is -1.17. The fraction of sp³-hybridized carbons (Fsp3) is 0.333. The molecule has 0 fully saturated rings. The number of hydrogen-bond acceptors (Lipinski definition) is 5. The van der Waals surface area contributed by atoms with Gasteiger partial charge in [0, 0.05) is 4.90 Å². The molecule has 2 aromatic carbocycles.